The third kappa shape index (κ3) is 8.43. The Labute approximate surface area is 277 Å². The summed E-state index contributed by atoms with van der Waals surface area (Å²) in [6, 6.07) is 46.4. The molecular weight excluding hydrogens is 580 g/mol. The van der Waals surface area contributed by atoms with Crippen LogP contribution in [0, 0.1) is 0 Å². The van der Waals surface area contributed by atoms with Gasteiger partial charge in [0.2, 0.25) is 5.91 Å². The molecule has 47 heavy (non-hydrogen) atoms. The zero-order chi connectivity index (χ0) is 32.4. The first-order chi connectivity index (χ1) is 23.0. The Hall–Kier alpha value is -5.46. The molecule has 236 valence electrons. The summed E-state index contributed by atoms with van der Waals surface area (Å²) in [5.74, 6) is 0.943. The van der Waals surface area contributed by atoms with Gasteiger partial charge >= 0.3 is 0 Å². The van der Waals surface area contributed by atoms with Gasteiger partial charge in [-0.05, 0) is 48.2 Å². The molecule has 6 nitrogen and oxygen atoms in total. The van der Waals surface area contributed by atoms with Crippen molar-refractivity contribution in [3.63, 3.8) is 0 Å². The number of nitrogens with one attached hydrogen (secondary N) is 1. The van der Waals surface area contributed by atoms with Crippen LogP contribution in [0.3, 0.4) is 0 Å². The number of rotatable bonds is 13. The fourth-order valence-corrected chi connectivity index (χ4v) is 5.90. The van der Waals surface area contributed by atoms with E-state index in [4.69, 9.17) is 4.98 Å². The van der Waals surface area contributed by atoms with Crippen LogP contribution in [0.5, 0.6) is 5.75 Å². The number of carbonyl (C=O) groups excluding carboxylic acids is 1. The van der Waals surface area contributed by atoms with Crippen LogP contribution < -0.4 is 5.32 Å². The van der Waals surface area contributed by atoms with E-state index in [1.165, 1.54) is 11.1 Å². The minimum atomic E-state index is -0.101. The van der Waals surface area contributed by atoms with Gasteiger partial charge in [0.25, 0.3) is 0 Å². The number of imidazole rings is 1. The van der Waals surface area contributed by atoms with Gasteiger partial charge in [0.05, 0.1) is 12.1 Å². The zero-order valence-electron chi connectivity index (χ0n) is 26.7. The van der Waals surface area contributed by atoms with Crippen LogP contribution in [0.25, 0.3) is 11.3 Å². The van der Waals surface area contributed by atoms with Crippen LogP contribution in [0.15, 0.2) is 146 Å². The van der Waals surface area contributed by atoms with Crippen LogP contribution in [0.2, 0.25) is 0 Å². The largest absolute Gasteiger partial charge is 0.508 e. The second-order valence-electron chi connectivity index (χ2n) is 11.9. The SMILES string of the molecule is C[C@H](c1ccccc1O)N(CCc1ccc(-c2cn(Cc3ccccc3)c(CC(=O)Nc3ccccc3)n2)cc1)Cc1ccccc1. The second-order valence-corrected chi connectivity index (χ2v) is 11.9. The number of benzene rings is 5. The Kier molecular flexibility index (Phi) is 10.2. The van der Waals surface area contributed by atoms with E-state index in [1.807, 2.05) is 79.0 Å². The Morgan fingerprint density at radius 1 is 0.766 bits per heavy atom. The summed E-state index contributed by atoms with van der Waals surface area (Å²) in [4.78, 5) is 20.4. The third-order valence-corrected chi connectivity index (χ3v) is 8.53. The van der Waals surface area contributed by atoms with Gasteiger partial charge in [-0.1, -0.05) is 121 Å². The number of aromatic nitrogens is 2. The first-order valence-electron chi connectivity index (χ1n) is 16.1. The standard InChI is InChI=1S/C41H40N4O2/c1-31(37-19-11-12-20-39(37)46)44(28-33-13-5-2-6-14-33)26-25-32-21-23-35(24-22-32)38-30-45(29-34-15-7-3-8-16-34)40(43-38)27-41(47)42-36-17-9-4-10-18-36/h2-24,30-31,46H,25-29H2,1H3,(H,42,47)/t31-/m1/s1. The Balaban J connectivity index is 1.18. The summed E-state index contributed by atoms with van der Waals surface area (Å²) in [7, 11) is 0. The molecule has 0 aliphatic rings. The number of hydrogen-bond donors (Lipinski definition) is 2. The van der Waals surface area contributed by atoms with Gasteiger partial charge in [-0.3, -0.25) is 9.69 Å². The Morgan fingerprint density at radius 3 is 2.06 bits per heavy atom. The number of anilines is 1. The number of carbonyl (C=O) groups is 1. The highest BCUT2D eigenvalue weighted by atomic mass is 16.3. The van der Waals surface area contributed by atoms with Crippen molar-refractivity contribution in [1.82, 2.24) is 14.5 Å². The number of para-hydroxylation sites is 2. The summed E-state index contributed by atoms with van der Waals surface area (Å²) in [5, 5.41) is 13.6. The predicted octanol–water partition coefficient (Wildman–Crippen LogP) is 8.29. The highest BCUT2D eigenvalue weighted by molar-refractivity contribution is 5.91. The van der Waals surface area contributed by atoms with Crippen molar-refractivity contribution in [2.24, 2.45) is 0 Å². The van der Waals surface area contributed by atoms with Gasteiger partial charge in [-0.25, -0.2) is 4.98 Å². The van der Waals surface area contributed by atoms with Crippen LogP contribution in [-0.4, -0.2) is 32.0 Å². The minimum absolute atomic E-state index is 0.0433. The summed E-state index contributed by atoms with van der Waals surface area (Å²) in [6.07, 6.45) is 3.08. The molecule has 1 atom stereocenters. The Morgan fingerprint density at radius 2 is 1.38 bits per heavy atom. The highest BCUT2D eigenvalue weighted by Crippen LogP contribution is 2.30. The molecule has 0 saturated heterocycles. The van der Waals surface area contributed by atoms with Crippen molar-refractivity contribution < 1.29 is 9.90 Å². The van der Waals surface area contributed by atoms with Crippen LogP contribution in [0.1, 0.15) is 41.0 Å². The van der Waals surface area contributed by atoms with E-state index in [-0.39, 0.29) is 18.4 Å². The third-order valence-electron chi connectivity index (χ3n) is 8.53. The van der Waals surface area contributed by atoms with Gasteiger partial charge in [0.15, 0.2) is 0 Å². The molecule has 0 aliphatic heterocycles. The van der Waals surface area contributed by atoms with E-state index in [9.17, 15) is 9.90 Å². The normalized spacial score (nSPS) is 11.8. The van der Waals surface area contributed by atoms with Gasteiger partial charge in [-0.2, -0.15) is 0 Å². The number of amides is 1. The number of phenolic OH excluding ortho intramolecular Hbond substituents is 1. The maximum atomic E-state index is 13.0. The molecule has 1 amide bonds. The molecule has 6 aromatic rings. The molecule has 0 fully saturated rings. The van der Waals surface area contributed by atoms with E-state index in [1.54, 1.807) is 6.07 Å². The smallest absolute Gasteiger partial charge is 0.231 e. The van der Waals surface area contributed by atoms with Gasteiger partial charge in [0, 0.05) is 48.7 Å². The average Bonchev–Trinajstić information content (AvgIpc) is 3.49. The van der Waals surface area contributed by atoms with Crippen molar-refractivity contribution in [3.8, 4) is 17.0 Å². The monoisotopic (exact) mass is 620 g/mol. The van der Waals surface area contributed by atoms with E-state index >= 15 is 0 Å². The van der Waals surface area contributed by atoms with Crippen molar-refractivity contribution in [3.05, 3.63) is 174 Å². The predicted molar refractivity (Wildman–Crippen MR) is 189 cm³/mol. The van der Waals surface area contributed by atoms with E-state index in [2.05, 4.69) is 82.4 Å². The van der Waals surface area contributed by atoms with Crippen molar-refractivity contribution >= 4 is 11.6 Å². The van der Waals surface area contributed by atoms with Crippen molar-refractivity contribution in [1.29, 1.82) is 0 Å². The number of aromatic hydroxyl groups is 1. The van der Waals surface area contributed by atoms with Crippen LogP contribution >= 0.6 is 0 Å². The summed E-state index contributed by atoms with van der Waals surface area (Å²) < 4.78 is 2.07. The summed E-state index contributed by atoms with van der Waals surface area (Å²) >= 11 is 0. The molecule has 2 N–H and O–H groups in total. The van der Waals surface area contributed by atoms with E-state index in [0.29, 0.717) is 12.3 Å². The lowest BCUT2D eigenvalue weighted by Crippen LogP contribution is -2.29. The van der Waals surface area contributed by atoms with E-state index < -0.39 is 0 Å². The Bertz CT molecular complexity index is 1870. The molecule has 5 aromatic carbocycles. The van der Waals surface area contributed by atoms with E-state index in [0.717, 1.165) is 53.4 Å². The summed E-state index contributed by atoms with van der Waals surface area (Å²) in [5.41, 5.74) is 7.16. The molecular formula is C41H40N4O2. The lowest BCUT2D eigenvalue weighted by Gasteiger charge is -2.30. The fourth-order valence-electron chi connectivity index (χ4n) is 5.90. The molecule has 0 aliphatic carbocycles. The second kappa shape index (κ2) is 15.2. The van der Waals surface area contributed by atoms with Gasteiger partial charge < -0.3 is 15.0 Å². The van der Waals surface area contributed by atoms with Crippen LogP contribution in [0.4, 0.5) is 5.69 Å². The molecule has 1 aromatic heterocycles. The van der Waals surface area contributed by atoms with Gasteiger partial charge in [-0.15, -0.1) is 0 Å². The zero-order valence-corrected chi connectivity index (χ0v) is 26.7. The highest BCUT2D eigenvalue weighted by Gasteiger charge is 2.19. The molecule has 0 unspecified atom stereocenters. The van der Waals surface area contributed by atoms with Crippen LogP contribution in [-0.2, 0) is 30.7 Å². The molecule has 0 bridgehead atoms. The summed E-state index contributed by atoms with van der Waals surface area (Å²) in [6.45, 7) is 4.40. The lowest BCUT2D eigenvalue weighted by atomic mass is 10.0. The maximum absolute atomic E-state index is 13.0. The molecule has 0 radical (unpaired) electrons. The maximum Gasteiger partial charge on any atom is 0.231 e. The number of phenols is 1. The molecule has 6 rings (SSSR count). The number of hydrogen-bond acceptors (Lipinski definition) is 4. The fraction of sp³-hybridized carbons (Fsp3) is 0.171. The lowest BCUT2D eigenvalue weighted by molar-refractivity contribution is -0.115. The molecule has 1 heterocycles. The van der Waals surface area contributed by atoms with Crippen molar-refractivity contribution in [2.75, 3.05) is 11.9 Å². The topological polar surface area (TPSA) is 70.4 Å². The molecule has 6 heteroatoms. The molecule has 0 saturated carbocycles. The number of nitrogens with zero attached hydrogens (tertiary/aromatic N) is 3. The van der Waals surface area contributed by atoms with Gasteiger partial charge in [0.1, 0.15) is 11.6 Å². The quantitative estimate of drug-likeness (QED) is 0.136. The minimum Gasteiger partial charge on any atom is -0.508 e. The first kappa shape index (κ1) is 31.5. The molecule has 0 spiro atoms. The van der Waals surface area contributed by atoms with Crippen molar-refractivity contribution in [2.45, 2.75) is 38.9 Å². The first-order valence-corrected chi connectivity index (χ1v) is 16.1. The average molecular weight is 621 g/mol.